The van der Waals surface area contributed by atoms with Crippen molar-refractivity contribution < 1.29 is 13.9 Å². The third-order valence-electron chi connectivity index (χ3n) is 3.85. The van der Waals surface area contributed by atoms with Gasteiger partial charge in [0.15, 0.2) is 5.82 Å². The van der Waals surface area contributed by atoms with E-state index >= 15 is 0 Å². The smallest absolute Gasteiger partial charge is 0.232 e. The van der Waals surface area contributed by atoms with Crippen molar-refractivity contribution in [2.75, 3.05) is 26.0 Å². The van der Waals surface area contributed by atoms with E-state index in [0.29, 0.717) is 29.7 Å². The molecule has 0 aliphatic heterocycles. The van der Waals surface area contributed by atoms with Gasteiger partial charge in [-0.15, -0.1) is 5.10 Å². The van der Waals surface area contributed by atoms with Gasteiger partial charge in [0, 0.05) is 11.5 Å². The summed E-state index contributed by atoms with van der Waals surface area (Å²) in [5.74, 6) is 0.825. The number of amides is 1. The zero-order valence-corrected chi connectivity index (χ0v) is 17.5. The molecule has 1 heterocycles. The van der Waals surface area contributed by atoms with Crippen LogP contribution in [0.5, 0.6) is 5.75 Å². The number of rotatable bonds is 8. The average molecular weight is 465 g/mol. The Morgan fingerprint density at radius 2 is 2.00 bits per heavy atom. The maximum absolute atomic E-state index is 13.8. The molecule has 1 N–H and O–H groups in total. The fourth-order valence-corrected chi connectivity index (χ4v) is 3.28. The maximum Gasteiger partial charge on any atom is 0.232 e. The van der Waals surface area contributed by atoms with Crippen LogP contribution >= 0.6 is 27.7 Å². The van der Waals surface area contributed by atoms with Crippen molar-refractivity contribution in [2.45, 2.75) is 5.16 Å². The van der Waals surface area contributed by atoms with Gasteiger partial charge in [-0.3, -0.25) is 9.89 Å². The van der Waals surface area contributed by atoms with Crippen molar-refractivity contribution in [2.24, 2.45) is 0 Å². The summed E-state index contributed by atoms with van der Waals surface area (Å²) < 4.78 is 20.4. The van der Waals surface area contributed by atoms with Crippen LogP contribution < -0.4 is 4.74 Å². The van der Waals surface area contributed by atoms with Crippen LogP contribution in [0.25, 0.3) is 11.4 Å². The molecule has 0 bridgehead atoms. The summed E-state index contributed by atoms with van der Waals surface area (Å²) in [6.07, 6.45) is 0. The Morgan fingerprint density at radius 1 is 1.25 bits per heavy atom. The molecule has 3 aromatic rings. The van der Waals surface area contributed by atoms with Gasteiger partial charge in [0.2, 0.25) is 11.1 Å². The number of hydrogen-bond acceptors (Lipinski definition) is 5. The summed E-state index contributed by atoms with van der Waals surface area (Å²) >= 11 is 4.57. The summed E-state index contributed by atoms with van der Waals surface area (Å²) in [5.41, 5.74) is 0.343. The van der Waals surface area contributed by atoms with Gasteiger partial charge in [0.25, 0.3) is 0 Å². The van der Waals surface area contributed by atoms with Crippen LogP contribution in [0, 0.1) is 5.82 Å². The fourth-order valence-electron chi connectivity index (χ4n) is 2.28. The van der Waals surface area contributed by atoms with E-state index in [2.05, 4.69) is 31.1 Å². The highest BCUT2D eigenvalue weighted by atomic mass is 79.9. The molecule has 1 amide bonds. The van der Waals surface area contributed by atoms with Crippen LogP contribution in [0.3, 0.4) is 0 Å². The number of aromatic nitrogens is 3. The molecule has 0 saturated carbocycles. The highest BCUT2D eigenvalue weighted by molar-refractivity contribution is 9.10. The Balaban J connectivity index is 1.44. The zero-order chi connectivity index (χ0) is 19.9. The van der Waals surface area contributed by atoms with Crippen LogP contribution in [0.1, 0.15) is 0 Å². The molecule has 0 radical (unpaired) electrons. The van der Waals surface area contributed by atoms with Crippen molar-refractivity contribution in [3.05, 3.63) is 58.8 Å². The van der Waals surface area contributed by atoms with E-state index in [1.165, 1.54) is 17.8 Å². The molecule has 2 aromatic carbocycles. The maximum atomic E-state index is 13.8. The molecule has 146 valence electrons. The minimum absolute atomic E-state index is 0.0679. The Kier molecular flexibility index (Phi) is 7.05. The number of benzene rings is 2. The van der Waals surface area contributed by atoms with Gasteiger partial charge in [-0.25, -0.2) is 9.37 Å². The second-order valence-electron chi connectivity index (χ2n) is 5.85. The van der Waals surface area contributed by atoms with Crippen molar-refractivity contribution in [3.8, 4) is 17.1 Å². The monoisotopic (exact) mass is 464 g/mol. The third-order valence-corrected chi connectivity index (χ3v) is 5.21. The molecule has 9 heteroatoms. The first kappa shape index (κ1) is 20.3. The summed E-state index contributed by atoms with van der Waals surface area (Å²) in [6.45, 7) is 0.858. The van der Waals surface area contributed by atoms with Gasteiger partial charge >= 0.3 is 0 Å². The summed E-state index contributed by atoms with van der Waals surface area (Å²) in [7, 11) is 1.72. The minimum atomic E-state index is -0.378. The van der Waals surface area contributed by atoms with Crippen LogP contribution in [-0.2, 0) is 4.79 Å². The molecule has 0 unspecified atom stereocenters. The molecule has 6 nitrogen and oxygen atoms in total. The lowest BCUT2D eigenvalue weighted by Gasteiger charge is -2.17. The number of nitrogens with one attached hydrogen (secondary N) is 1. The van der Waals surface area contributed by atoms with E-state index in [-0.39, 0.29) is 17.5 Å². The molecule has 0 aliphatic rings. The van der Waals surface area contributed by atoms with E-state index in [1.54, 1.807) is 30.1 Å². The number of ether oxygens (including phenoxy) is 1. The van der Waals surface area contributed by atoms with E-state index in [4.69, 9.17) is 4.74 Å². The largest absolute Gasteiger partial charge is 0.492 e. The summed E-state index contributed by atoms with van der Waals surface area (Å²) in [4.78, 5) is 18.1. The average Bonchev–Trinajstić information content (AvgIpc) is 3.16. The summed E-state index contributed by atoms with van der Waals surface area (Å²) in [6, 6.07) is 13.8. The number of aromatic amines is 1. The van der Waals surface area contributed by atoms with E-state index in [1.807, 2.05) is 24.3 Å². The molecule has 0 aliphatic carbocycles. The first-order chi connectivity index (χ1) is 13.5. The van der Waals surface area contributed by atoms with Crippen molar-refractivity contribution in [1.82, 2.24) is 20.1 Å². The first-order valence-corrected chi connectivity index (χ1v) is 10.2. The lowest BCUT2D eigenvalue weighted by atomic mass is 10.2. The summed E-state index contributed by atoms with van der Waals surface area (Å²) in [5, 5.41) is 7.13. The predicted octanol–water partition coefficient (Wildman–Crippen LogP) is 4.00. The quantitative estimate of drug-likeness (QED) is 0.510. The highest BCUT2D eigenvalue weighted by Crippen LogP contribution is 2.21. The molecule has 1 aromatic heterocycles. The van der Waals surface area contributed by atoms with Crippen LogP contribution in [0.2, 0.25) is 0 Å². The van der Waals surface area contributed by atoms with Gasteiger partial charge < -0.3 is 9.64 Å². The highest BCUT2D eigenvalue weighted by Gasteiger charge is 2.14. The van der Waals surface area contributed by atoms with E-state index in [9.17, 15) is 9.18 Å². The van der Waals surface area contributed by atoms with Crippen LogP contribution in [0.15, 0.2) is 58.2 Å². The third kappa shape index (κ3) is 5.56. The minimum Gasteiger partial charge on any atom is -0.492 e. The molecule has 0 saturated heterocycles. The van der Waals surface area contributed by atoms with Gasteiger partial charge in [-0.2, -0.15) is 0 Å². The Hall–Kier alpha value is -2.39. The molecule has 0 fully saturated rings. The fraction of sp³-hybridized carbons (Fsp3) is 0.211. The number of halogens is 2. The molecule has 0 spiro atoms. The normalized spacial score (nSPS) is 10.7. The topological polar surface area (TPSA) is 71.1 Å². The number of H-pyrrole nitrogens is 1. The van der Waals surface area contributed by atoms with E-state index in [0.717, 1.165) is 10.2 Å². The van der Waals surface area contributed by atoms with Crippen molar-refractivity contribution in [3.63, 3.8) is 0 Å². The number of nitrogens with zero attached hydrogens (tertiary/aromatic N) is 3. The lowest BCUT2D eigenvalue weighted by Crippen LogP contribution is -2.32. The number of carbonyl (C=O) groups excluding carboxylic acids is 1. The van der Waals surface area contributed by atoms with Crippen LogP contribution in [0.4, 0.5) is 4.39 Å². The molecular weight excluding hydrogens is 447 g/mol. The second-order valence-corrected chi connectivity index (χ2v) is 7.71. The van der Waals surface area contributed by atoms with Crippen molar-refractivity contribution >= 4 is 33.6 Å². The van der Waals surface area contributed by atoms with Crippen molar-refractivity contribution in [1.29, 1.82) is 0 Å². The van der Waals surface area contributed by atoms with E-state index < -0.39 is 0 Å². The van der Waals surface area contributed by atoms with Gasteiger partial charge in [-0.1, -0.05) is 39.8 Å². The number of likely N-dealkylation sites (N-methyl/N-ethyl adjacent to an activating group) is 1. The SMILES string of the molecule is CN(CCOc1ccc(Br)cc1)C(=O)CSc1n[nH]c(-c2ccccc2F)n1. The lowest BCUT2D eigenvalue weighted by molar-refractivity contribution is -0.127. The van der Waals surface area contributed by atoms with Crippen LogP contribution in [-0.4, -0.2) is 51.9 Å². The standard InChI is InChI=1S/C19H18BrFN4O2S/c1-25(10-11-27-14-8-6-13(20)7-9-14)17(26)12-28-19-22-18(23-24-19)15-4-2-3-5-16(15)21/h2-9H,10-12H2,1H3,(H,22,23,24). The molecule has 28 heavy (non-hydrogen) atoms. The number of hydrogen-bond donors (Lipinski definition) is 1. The Morgan fingerprint density at radius 3 is 2.75 bits per heavy atom. The molecular formula is C19H18BrFN4O2S. The van der Waals surface area contributed by atoms with Gasteiger partial charge in [0.05, 0.1) is 17.9 Å². The number of carbonyl (C=O) groups is 1. The zero-order valence-electron chi connectivity index (χ0n) is 15.1. The first-order valence-electron chi connectivity index (χ1n) is 8.45. The molecule has 3 rings (SSSR count). The number of thioether (sulfide) groups is 1. The Labute approximate surface area is 174 Å². The Bertz CT molecular complexity index is 936. The van der Waals surface area contributed by atoms with Gasteiger partial charge in [-0.05, 0) is 36.4 Å². The second kappa shape index (κ2) is 9.70. The van der Waals surface area contributed by atoms with Gasteiger partial charge in [0.1, 0.15) is 18.2 Å². The molecule has 0 atom stereocenters. The predicted molar refractivity (Wildman–Crippen MR) is 110 cm³/mol.